The van der Waals surface area contributed by atoms with Gasteiger partial charge in [-0.25, -0.2) is 13.1 Å². The Labute approximate surface area is 161 Å². The van der Waals surface area contributed by atoms with E-state index in [1.807, 2.05) is 51.1 Å². The summed E-state index contributed by atoms with van der Waals surface area (Å²) in [5.74, 6) is 0.268. The number of piperidine rings is 1. The Hall–Kier alpha value is -2.15. The number of hydrogen-bond donors (Lipinski definition) is 0. The van der Waals surface area contributed by atoms with Gasteiger partial charge in [0.2, 0.25) is 0 Å². The number of nitrogens with zero attached hydrogens (tertiary/aromatic N) is 3. The monoisotopic (exact) mass is 389 g/mol. The molecule has 0 unspecified atom stereocenters. The van der Waals surface area contributed by atoms with Gasteiger partial charge in [0.15, 0.2) is 9.84 Å². The summed E-state index contributed by atoms with van der Waals surface area (Å²) in [5, 5.41) is 4.03. The van der Waals surface area contributed by atoms with Crippen molar-refractivity contribution < 1.29 is 13.2 Å². The lowest BCUT2D eigenvalue weighted by Gasteiger charge is -2.32. The minimum Gasteiger partial charge on any atom is -0.338 e. The highest BCUT2D eigenvalue weighted by Crippen LogP contribution is 2.23. The van der Waals surface area contributed by atoms with Crippen LogP contribution in [0.2, 0.25) is 0 Å². The Morgan fingerprint density at radius 3 is 2.41 bits per heavy atom. The lowest BCUT2D eigenvalue weighted by molar-refractivity contribution is 0.0725. The van der Waals surface area contributed by atoms with Crippen LogP contribution in [0.3, 0.4) is 0 Å². The van der Waals surface area contributed by atoms with Gasteiger partial charge in [-0.1, -0.05) is 32.0 Å². The van der Waals surface area contributed by atoms with Crippen LogP contribution in [0.4, 0.5) is 0 Å². The molecule has 0 saturated carbocycles. The molecule has 1 aromatic heterocycles. The maximum Gasteiger partial charge on any atom is 0.257 e. The van der Waals surface area contributed by atoms with Gasteiger partial charge in [-0.3, -0.25) is 4.79 Å². The predicted molar refractivity (Wildman–Crippen MR) is 106 cm³/mol. The Kier molecular flexibility index (Phi) is 5.69. The van der Waals surface area contributed by atoms with Crippen molar-refractivity contribution in [2.45, 2.75) is 38.9 Å². The molecule has 0 bridgehead atoms. The van der Waals surface area contributed by atoms with Gasteiger partial charge in [0.25, 0.3) is 5.91 Å². The zero-order valence-corrected chi connectivity index (χ0v) is 16.9. The molecular weight excluding hydrogens is 362 g/mol. The zero-order valence-electron chi connectivity index (χ0n) is 16.1. The van der Waals surface area contributed by atoms with Crippen molar-refractivity contribution in [3.05, 3.63) is 47.8 Å². The molecule has 27 heavy (non-hydrogen) atoms. The number of hydrogen-bond acceptors (Lipinski definition) is 4. The van der Waals surface area contributed by atoms with E-state index in [2.05, 4.69) is 5.10 Å². The maximum absolute atomic E-state index is 12.9. The molecule has 1 amide bonds. The van der Waals surface area contributed by atoms with Crippen molar-refractivity contribution in [1.82, 2.24) is 14.7 Å². The molecule has 0 spiro atoms. The highest BCUT2D eigenvalue weighted by atomic mass is 32.2. The van der Waals surface area contributed by atoms with Gasteiger partial charge in [-0.15, -0.1) is 0 Å². The smallest absolute Gasteiger partial charge is 0.257 e. The number of carbonyl (C=O) groups excluding carboxylic acids is 1. The van der Waals surface area contributed by atoms with E-state index in [0.717, 1.165) is 11.4 Å². The summed E-state index contributed by atoms with van der Waals surface area (Å²) in [4.78, 5) is 14.7. The number of benzene rings is 1. The molecule has 0 N–H and O–H groups in total. The molecule has 146 valence electrons. The molecule has 1 fully saturated rings. The first-order valence-electron chi connectivity index (χ1n) is 9.40. The zero-order chi connectivity index (χ0) is 19.6. The highest BCUT2D eigenvalue weighted by Gasteiger charge is 2.32. The first kappa shape index (κ1) is 19.6. The minimum atomic E-state index is -3.09. The maximum atomic E-state index is 12.9. The Morgan fingerprint density at radius 2 is 1.81 bits per heavy atom. The van der Waals surface area contributed by atoms with Gasteiger partial charge in [-0.05, 0) is 37.8 Å². The van der Waals surface area contributed by atoms with Gasteiger partial charge in [0.05, 0.1) is 34.1 Å². The second-order valence-electron chi connectivity index (χ2n) is 7.61. The van der Waals surface area contributed by atoms with Gasteiger partial charge in [-0.2, -0.15) is 5.10 Å². The highest BCUT2D eigenvalue weighted by molar-refractivity contribution is 7.92. The van der Waals surface area contributed by atoms with Crippen molar-refractivity contribution in [3.8, 4) is 5.69 Å². The van der Waals surface area contributed by atoms with E-state index >= 15 is 0 Å². The Morgan fingerprint density at radius 1 is 1.19 bits per heavy atom. The number of aromatic nitrogens is 2. The summed E-state index contributed by atoms with van der Waals surface area (Å²) >= 11 is 0. The molecule has 0 atom stereocenters. The first-order valence-corrected chi connectivity index (χ1v) is 11.1. The molecule has 2 aromatic rings. The Balaban J connectivity index is 1.69. The fourth-order valence-electron chi connectivity index (χ4n) is 3.64. The second-order valence-corrected chi connectivity index (χ2v) is 9.93. The van der Waals surface area contributed by atoms with Gasteiger partial charge in [0.1, 0.15) is 0 Å². The third-order valence-corrected chi connectivity index (χ3v) is 7.66. The van der Waals surface area contributed by atoms with Crippen molar-refractivity contribution >= 4 is 15.7 Å². The summed E-state index contributed by atoms with van der Waals surface area (Å²) in [5.41, 5.74) is 2.27. The quantitative estimate of drug-likeness (QED) is 0.788. The molecule has 0 radical (unpaired) electrons. The van der Waals surface area contributed by atoms with Crippen molar-refractivity contribution in [3.63, 3.8) is 0 Å². The number of carbonyl (C=O) groups is 1. The summed E-state index contributed by atoms with van der Waals surface area (Å²) < 4.78 is 26.6. The molecule has 1 saturated heterocycles. The van der Waals surface area contributed by atoms with Crippen molar-refractivity contribution in [2.24, 2.45) is 5.92 Å². The predicted octanol–water partition coefficient (Wildman–Crippen LogP) is 2.86. The molecule has 3 rings (SSSR count). The van der Waals surface area contributed by atoms with E-state index in [1.165, 1.54) is 0 Å². The largest absolute Gasteiger partial charge is 0.338 e. The minimum absolute atomic E-state index is 0.0746. The van der Waals surface area contributed by atoms with Gasteiger partial charge < -0.3 is 4.90 Å². The van der Waals surface area contributed by atoms with Crippen LogP contribution in [0.5, 0.6) is 0 Å². The number of likely N-dealkylation sites (tertiary alicyclic amines) is 1. The topological polar surface area (TPSA) is 72.3 Å². The second kappa shape index (κ2) is 7.84. The number of rotatable bonds is 5. The van der Waals surface area contributed by atoms with Crippen LogP contribution >= 0.6 is 0 Å². The third kappa shape index (κ3) is 4.24. The molecule has 7 heteroatoms. The standard InChI is InChI=1S/C20H27N3O3S/c1-15(2)14-27(25,26)18-9-11-22(12-10-18)20(24)19-13-21-23(16(19)3)17-7-5-4-6-8-17/h4-8,13,15,18H,9-12,14H2,1-3H3. The van der Waals surface area contributed by atoms with E-state index in [9.17, 15) is 13.2 Å². The average Bonchev–Trinajstić information content (AvgIpc) is 3.02. The SMILES string of the molecule is Cc1c(C(=O)N2CCC(S(=O)(=O)CC(C)C)CC2)cnn1-c1ccccc1. The lowest BCUT2D eigenvalue weighted by atomic mass is 10.1. The van der Waals surface area contributed by atoms with Crippen molar-refractivity contribution in [2.75, 3.05) is 18.8 Å². The van der Waals surface area contributed by atoms with E-state index in [-0.39, 0.29) is 22.8 Å². The Bertz CT molecular complexity index is 896. The third-order valence-electron chi connectivity index (χ3n) is 5.04. The molecule has 1 aromatic carbocycles. The van der Waals surface area contributed by atoms with Crippen LogP contribution in [0.25, 0.3) is 5.69 Å². The summed E-state index contributed by atoms with van der Waals surface area (Å²) in [6, 6.07) is 9.69. The molecule has 2 heterocycles. The first-order chi connectivity index (χ1) is 12.8. The molecule has 1 aliphatic rings. The van der Waals surface area contributed by atoms with E-state index < -0.39 is 9.84 Å². The lowest BCUT2D eigenvalue weighted by Crippen LogP contribution is -2.43. The normalized spacial score (nSPS) is 16.1. The van der Waals surface area contributed by atoms with E-state index in [0.29, 0.717) is 31.5 Å². The molecule has 6 nitrogen and oxygen atoms in total. The van der Waals surface area contributed by atoms with Crippen LogP contribution < -0.4 is 0 Å². The molecule has 1 aliphatic heterocycles. The van der Waals surface area contributed by atoms with Crippen LogP contribution in [-0.4, -0.2) is 53.1 Å². The van der Waals surface area contributed by atoms with Gasteiger partial charge in [0, 0.05) is 13.1 Å². The average molecular weight is 390 g/mol. The number of sulfone groups is 1. The fraction of sp³-hybridized carbons (Fsp3) is 0.500. The van der Waals surface area contributed by atoms with Crippen molar-refractivity contribution in [1.29, 1.82) is 0 Å². The summed E-state index contributed by atoms with van der Waals surface area (Å²) in [6.07, 6.45) is 2.62. The van der Waals surface area contributed by atoms with Crippen LogP contribution in [0, 0.1) is 12.8 Å². The van der Waals surface area contributed by atoms with Gasteiger partial charge >= 0.3 is 0 Å². The molecular formula is C20H27N3O3S. The fourth-order valence-corrected chi connectivity index (χ4v) is 5.77. The number of para-hydroxylation sites is 1. The number of amides is 1. The van der Waals surface area contributed by atoms with Crippen LogP contribution in [0.1, 0.15) is 42.7 Å². The van der Waals surface area contributed by atoms with Crippen LogP contribution in [-0.2, 0) is 9.84 Å². The van der Waals surface area contributed by atoms with E-state index in [4.69, 9.17) is 0 Å². The summed E-state index contributed by atoms with van der Waals surface area (Å²) in [7, 11) is -3.09. The molecule has 0 aliphatic carbocycles. The van der Waals surface area contributed by atoms with E-state index in [1.54, 1.807) is 15.8 Å². The summed E-state index contributed by atoms with van der Waals surface area (Å²) in [6.45, 7) is 6.66. The van der Waals surface area contributed by atoms with Crippen LogP contribution in [0.15, 0.2) is 36.5 Å².